The maximum atomic E-state index is 3.53. The molecule has 98 valence electrons. The van der Waals surface area contributed by atoms with Crippen molar-refractivity contribution in [2.24, 2.45) is 5.41 Å². The molecule has 1 aromatic rings. The molecule has 1 N–H and O–H groups in total. The summed E-state index contributed by atoms with van der Waals surface area (Å²) in [5.41, 5.74) is 0.301. The number of thiophene rings is 1. The summed E-state index contributed by atoms with van der Waals surface area (Å²) < 4.78 is 2.31. The van der Waals surface area contributed by atoms with Crippen LogP contribution < -0.4 is 5.32 Å². The molecule has 0 spiro atoms. The van der Waals surface area contributed by atoms with Crippen molar-refractivity contribution in [3.8, 4) is 0 Å². The highest BCUT2D eigenvalue weighted by Crippen LogP contribution is 2.32. The lowest BCUT2D eigenvalue weighted by molar-refractivity contribution is 0.232. The van der Waals surface area contributed by atoms with Gasteiger partial charge in [0.05, 0.1) is 3.79 Å². The van der Waals surface area contributed by atoms with Crippen LogP contribution in [0, 0.1) is 5.41 Å². The van der Waals surface area contributed by atoms with Gasteiger partial charge in [0.2, 0.25) is 0 Å². The van der Waals surface area contributed by atoms with Gasteiger partial charge in [-0.1, -0.05) is 13.8 Å². The maximum Gasteiger partial charge on any atom is 0.0843 e. The van der Waals surface area contributed by atoms with Crippen molar-refractivity contribution < 1.29 is 0 Å². The molecule has 0 aliphatic carbocycles. The highest BCUT2D eigenvalue weighted by molar-refractivity contribution is 9.13. The van der Waals surface area contributed by atoms with Crippen molar-refractivity contribution in [2.75, 3.05) is 27.2 Å². The molecule has 0 fully saturated rings. The number of rotatable bonds is 6. The van der Waals surface area contributed by atoms with Crippen LogP contribution in [0.25, 0.3) is 0 Å². The second-order valence-electron chi connectivity index (χ2n) is 5.34. The lowest BCUT2D eigenvalue weighted by Crippen LogP contribution is -2.37. The summed E-state index contributed by atoms with van der Waals surface area (Å²) in [5.74, 6) is 0. The molecule has 0 aliphatic rings. The molecule has 0 bridgehead atoms. The Balaban J connectivity index is 2.37. The van der Waals surface area contributed by atoms with Gasteiger partial charge in [-0.25, -0.2) is 0 Å². The Bertz CT molecular complexity index is 342. The Hall–Kier alpha value is 0.580. The van der Waals surface area contributed by atoms with E-state index in [4.69, 9.17) is 0 Å². The Morgan fingerprint density at radius 2 is 2.00 bits per heavy atom. The molecule has 0 atom stereocenters. The first kappa shape index (κ1) is 15.6. The third kappa shape index (κ3) is 5.83. The van der Waals surface area contributed by atoms with E-state index in [9.17, 15) is 0 Å². The average Bonchev–Trinajstić information content (AvgIpc) is 2.43. The Morgan fingerprint density at radius 1 is 1.35 bits per heavy atom. The quantitative estimate of drug-likeness (QED) is 0.799. The first-order chi connectivity index (χ1) is 7.80. The smallest absolute Gasteiger partial charge is 0.0843 e. The van der Waals surface area contributed by atoms with Gasteiger partial charge in [-0.2, -0.15) is 0 Å². The van der Waals surface area contributed by atoms with Gasteiger partial charge in [0, 0.05) is 29.0 Å². The summed E-state index contributed by atoms with van der Waals surface area (Å²) in [4.78, 5) is 3.59. The first-order valence-electron chi connectivity index (χ1n) is 5.59. The fraction of sp³-hybridized carbons (Fsp3) is 0.667. The van der Waals surface area contributed by atoms with Gasteiger partial charge in [0.15, 0.2) is 0 Å². The molecule has 0 aliphatic heterocycles. The second kappa shape index (κ2) is 6.66. The largest absolute Gasteiger partial charge is 0.311 e. The standard InChI is InChI=1S/C12H20Br2N2S/c1-12(2,8-16(3)4)7-15-6-9-5-10(13)11(14)17-9/h5,15H,6-8H2,1-4H3. The molecule has 0 saturated heterocycles. The fourth-order valence-corrected chi connectivity index (χ4v) is 4.06. The monoisotopic (exact) mass is 382 g/mol. The minimum absolute atomic E-state index is 0.301. The minimum Gasteiger partial charge on any atom is -0.311 e. The molecule has 1 heterocycles. The van der Waals surface area contributed by atoms with E-state index in [1.54, 1.807) is 11.3 Å². The lowest BCUT2D eigenvalue weighted by atomic mass is 9.93. The second-order valence-corrected chi connectivity index (χ2v) is 8.65. The Kier molecular flexibility index (Phi) is 6.13. The van der Waals surface area contributed by atoms with Crippen LogP contribution in [0.4, 0.5) is 0 Å². The van der Waals surface area contributed by atoms with Crippen molar-refractivity contribution in [3.63, 3.8) is 0 Å². The zero-order valence-corrected chi connectivity index (χ0v) is 14.8. The normalized spacial score (nSPS) is 12.4. The van der Waals surface area contributed by atoms with Crippen molar-refractivity contribution in [1.29, 1.82) is 0 Å². The van der Waals surface area contributed by atoms with E-state index in [1.807, 2.05) is 0 Å². The molecule has 17 heavy (non-hydrogen) atoms. The Morgan fingerprint density at radius 3 is 2.47 bits per heavy atom. The molecule has 0 saturated carbocycles. The predicted molar refractivity (Wildman–Crippen MR) is 83.8 cm³/mol. The van der Waals surface area contributed by atoms with Crippen LogP contribution in [-0.2, 0) is 6.54 Å². The number of hydrogen-bond donors (Lipinski definition) is 1. The zero-order valence-electron chi connectivity index (χ0n) is 10.8. The molecule has 0 radical (unpaired) electrons. The number of halogens is 2. The molecule has 0 amide bonds. The lowest BCUT2D eigenvalue weighted by Gasteiger charge is -2.28. The van der Waals surface area contributed by atoms with E-state index in [1.165, 1.54) is 8.66 Å². The number of nitrogens with zero attached hydrogens (tertiary/aromatic N) is 1. The van der Waals surface area contributed by atoms with Gasteiger partial charge in [-0.05, 0) is 57.4 Å². The van der Waals surface area contributed by atoms with Crippen LogP contribution in [0.15, 0.2) is 14.3 Å². The minimum atomic E-state index is 0.301. The SMILES string of the molecule is CN(C)CC(C)(C)CNCc1cc(Br)c(Br)s1. The van der Waals surface area contributed by atoms with Crippen molar-refractivity contribution in [2.45, 2.75) is 20.4 Å². The number of nitrogens with one attached hydrogen (secondary N) is 1. The third-order valence-corrected chi connectivity index (χ3v) is 5.60. The third-order valence-electron chi connectivity index (χ3n) is 2.34. The van der Waals surface area contributed by atoms with E-state index in [2.05, 4.69) is 76.1 Å². The van der Waals surface area contributed by atoms with Crippen LogP contribution in [-0.4, -0.2) is 32.1 Å². The first-order valence-corrected chi connectivity index (χ1v) is 7.99. The van der Waals surface area contributed by atoms with Crippen LogP contribution in [0.2, 0.25) is 0 Å². The van der Waals surface area contributed by atoms with Crippen LogP contribution >= 0.6 is 43.2 Å². The van der Waals surface area contributed by atoms with Crippen LogP contribution in [0.5, 0.6) is 0 Å². The average molecular weight is 384 g/mol. The van der Waals surface area contributed by atoms with Crippen LogP contribution in [0.3, 0.4) is 0 Å². The van der Waals surface area contributed by atoms with Gasteiger partial charge in [-0.3, -0.25) is 0 Å². The number of hydrogen-bond acceptors (Lipinski definition) is 3. The van der Waals surface area contributed by atoms with Crippen molar-refractivity contribution >= 4 is 43.2 Å². The van der Waals surface area contributed by atoms with E-state index in [0.29, 0.717) is 5.41 Å². The molecule has 1 aromatic heterocycles. The van der Waals surface area contributed by atoms with Crippen LogP contribution in [0.1, 0.15) is 18.7 Å². The highest BCUT2D eigenvalue weighted by Gasteiger charge is 2.18. The fourth-order valence-electron chi connectivity index (χ4n) is 1.91. The van der Waals surface area contributed by atoms with Crippen molar-refractivity contribution in [1.82, 2.24) is 10.2 Å². The summed E-state index contributed by atoms with van der Waals surface area (Å²) in [6.07, 6.45) is 0. The van der Waals surface area contributed by atoms with Gasteiger partial charge in [-0.15, -0.1) is 11.3 Å². The molecule has 0 aromatic carbocycles. The highest BCUT2D eigenvalue weighted by atomic mass is 79.9. The molecule has 0 unspecified atom stereocenters. The summed E-state index contributed by atoms with van der Waals surface area (Å²) in [7, 11) is 4.24. The van der Waals surface area contributed by atoms with Gasteiger partial charge < -0.3 is 10.2 Å². The molecule has 1 rings (SSSR count). The maximum absolute atomic E-state index is 3.53. The van der Waals surface area contributed by atoms with E-state index in [-0.39, 0.29) is 0 Å². The van der Waals surface area contributed by atoms with Gasteiger partial charge in [0.1, 0.15) is 0 Å². The topological polar surface area (TPSA) is 15.3 Å². The van der Waals surface area contributed by atoms with E-state index >= 15 is 0 Å². The van der Waals surface area contributed by atoms with E-state index in [0.717, 1.165) is 24.1 Å². The molecule has 2 nitrogen and oxygen atoms in total. The molecule has 5 heteroatoms. The van der Waals surface area contributed by atoms with Gasteiger partial charge in [0.25, 0.3) is 0 Å². The summed E-state index contributed by atoms with van der Waals surface area (Å²) in [6, 6.07) is 2.17. The zero-order chi connectivity index (χ0) is 13.1. The summed E-state index contributed by atoms with van der Waals surface area (Å²) in [5, 5.41) is 3.53. The Labute approximate surface area is 125 Å². The van der Waals surface area contributed by atoms with E-state index < -0.39 is 0 Å². The van der Waals surface area contributed by atoms with Gasteiger partial charge >= 0.3 is 0 Å². The van der Waals surface area contributed by atoms with Crippen molar-refractivity contribution in [3.05, 3.63) is 19.2 Å². The molecular formula is C12H20Br2N2S. The summed E-state index contributed by atoms with van der Waals surface area (Å²) in [6.45, 7) is 7.64. The summed E-state index contributed by atoms with van der Waals surface area (Å²) >= 11 is 8.80. The predicted octanol–water partition coefficient (Wildman–Crippen LogP) is 3.95. The molecular weight excluding hydrogens is 364 g/mol.